The van der Waals surface area contributed by atoms with Crippen molar-refractivity contribution in [2.45, 2.75) is 71.6 Å². The Kier molecular flexibility index (Phi) is 7.76. The van der Waals surface area contributed by atoms with Crippen LogP contribution in [0.25, 0.3) is 0 Å². The molecule has 168 valence electrons. The molecule has 1 aliphatic carbocycles. The summed E-state index contributed by atoms with van der Waals surface area (Å²) in [5.41, 5.74) is 3.05. The number of aryl methyl sites for hydroxylation is 1. The Morgan fingerprint density at radius 1 is 1.13 bits per heavy atom. The van der Waals surface area contributed by atoms with Gasteiger partial charge in [0.25, 0.3) is 0 Å². The minimum absolute atomic E-state index is 0.103. The number of rotatable bonds is 10. The van der Waals surface area contributed by atoms with Crippen molar-refractivity contribution in [2.24, 2.45) is 0 Å². The fraction of sp³-hybridized carbons (Fsp3) is 0.520. The standard InChI is InChI=1S/C25H33NO4S/c1-5-25(3,4)17-12-14-18(15-13-17)30-16-8-11-21(27)26-23-22(24(28)29-6-2)19-9-7-10-20(19)31-23/h12-15H,5-11,16H2,1-4H3,(H,26,27). The van der Waals surface area contributed by atoms with E-state index in [2.05, 4.69) is 38.2 Å². The molecule has 3 rings (SSSR count). The van der Waals surface area contributed by atoms with Crippen LogP contribution < -0.4 is 10.1 Å². The predicted octanol–water partition coefficient (Wildman–Crippen LogP) is 5.90. The lowest BCUT2D eigenvalue weighted by molar-refractivity contribution is -0.116. The van der Waals surface area contributed by atoms with Crippen LogP contribution in [0.15, 0.2) is 24.3 Å². The molecule has 0 saturated heterocycles. The number of hydrogen-bond donors (Lipinski definition) is 1. The number of thiophene rings is 1. The van der Waals surface area contributed by atoms with Crippen molar-refractivity contribution in [3.05, 3.63) is 45.8 Å². The van der Waals surface area contributed by atoms with Crippen LogP contribution in [0.2, 0.25) is 0 Å². The zero-order chi connectivity index (χ0) is 22.4. The highest BCUT2D eigenvalue weighted by Gasteiger charge is 2.28. The van der Waals surface area contributed by atoms with Gasteiger partial charge >= 0.3 is 5.97 Å². The third-order valence-electron chi connectivity index (χ3n) is 5.99. The van der Waals surface area contributed by atoms with Crippen LogP contribution in [0.5, 0.6) is 5.75 Å². The van der Waals surface area contributed by atoms with Gasteiger partial charge in [0.1, 0.15) is 10.8 Å². The Labute approximate surface area is 189 Å². The number of anilines is 1. The van der Waals surface area contributed by atoms with Gasteiger partial charge in [-0.1, -0.05) is 32.9 Å². The van der Waals surface area contributed by atoms with Gasteiger partial charge in [-0.25, -0.2) is 4.79 Å². The molecule has 1 aliphatic rings. The molecule has 0 unspecified atom stereocenters. The number of esters is 1. The van der Waals surface area contributed by atoms with Crippen LogP contribution in [0.3, 0.4) is 0 Å². The smallest absolute Gasteiger partial charge is 0.341 e. The van der Waals surface area contributed by atoms with Gasteiger partial charge in [-0.2, -0.15) is 0 Å². The molecule has 0 bridgehead atoms. The Morgan fingerprint density at radius 3 is 2.55 bits per heavy atom. The maximum atomic E-state index is 12.5. The molecule has 0 fully saturated rings. The van der Waals surface area contributed by atoms with Crippen LogP contribution in [0, 0.1) is 0 Å². The van der Waals surface area contributed by atoms with Gasteiger partial charge in [-0.15, -0.1) is 11.3 Å². The fourth-order valence-electron chi connectivity index (χ4n) is 3.73. The normalized spacial score (nSPS) is 13.0. The molecule has 6 heteroatoms. The number of hydrogen-bond acceptors (Lipinski definition) is 5. The summed E-state index contributed by atoms with van der Waals surface area (Å²) in [7, 11) is 0. The molecular weight excluding hydrogens is 410 g/mol. The minimum atomic E-state index is -0.338. The molecule has 0 spiro atoms. The molecular formula is C25H33NO4S. The van der Waals surface area contributed by atoms with Crippen molar-refractivity contribution in [1.29, 1.82) is 0 Å². The first-order valence-corrected chi connectivity index (χ1v) is 12.0. The first-order valence-electron chi connectivity index (χ1n) is 11.2. The molecule has 5 nitrogen and oxygen atoms in total. The number of ether oxygens (including phenoxy) is 2. The molecule has 1 N–H and O–H groups in total. The van der Waals surface area contributed by atoms with Crippen LogP contribution >= 0.6 is 11.3 Å². The third kappa shape index (κ3) is 5.67. The minimum Gasteiger partial charge on any atom is -0.494 e. The van der Waals surface area contributed by atoms with Crippen LogP contribution in [-0.4, -0.2) is 25.1 Å². The zero-order valence-electron chi connectivity index (χ0n) is 19.0. The quantitative estimate of drug-likeness (QED) is 0.367. The highest BCUT2D eigenvalue weighted by atomic mass is 32.1. The number of carbonyl (C=O) groups excluding carboxylic acids is 2. The van der Waals surface area contributed by atoms with Crippen molar-refractivity contribution in [1.82, 2.24) is 0 Å². The summed E-state index contributed by atoms with van der Waals surface area (Å²) in [6, 6.07) is 8.20. The number of benzene rings is 1. The molecule has 31 heavy (non-hydrogen) atoms. The summed E-state index contributed by atoms with van der Waals surface area (Å²) >= 11 is 1.51. The first kappa shape index (κ1) is 23.3. The Balaban J connectivity index is 1.50. The lowest BCUT2D eigenvalue weighted by atomic mass is 9.82. The van der Waals surface area contributed by atoms with Crippen molar-refractivity contribution in [3.63, 3.8) is 0 Å². The molecule has 1 aromatic carbocycles. The predicted molar refractivity (Wildman–Crippen MR) is 125 cm³/mol. The fourth-order valence-corrected chi connectivity index (χ4v) is 5.02. The van der Waals surface area contributed by atoms with Crippen LogP contribution in [0.1, 0.15) is 79.7 Å². The lowest BCUT2D eigenvalue weighted by Crippen LogP contribution is -2.16. The molecule has 1 aromatic heterocycles. The van der Waals surface area contributed by atoms with Gasteiger partial charge in [-0.05, 0) is 67.7 Å². The van der Waals surface area contributed by atoms with E-state index in [-0.39, 0.29) is 17.3 Å². The number of fused-ring (bicyclic) bond motifs is 1. The molecule has 0 aliphatic heterocycles. The van der Waals surface area contributed by atoms with E-state index in [9.17, 15) is 9.59 Å². The Morgan fingerprint density at radius 2 is 1.87 bits per heavy atom. The highest BCUT2D eigenvalue weighted by molar-refractivity contribution is 7.17. The molecule has 1 amide bonds. The highest BCUT2D eigenvalue weighted by Crippen LogP contribution is 2.39. The van der Waals surface area contributed by atoms with E-state index in [0.717, 1.165) is 37.0 Å². The summed E-state index contributed by atoms with van der Waals surface area (Å²) in [5.74, 6) is 0.375. The van der Waals surface area contributed by atoms with E-state index in [1.807, 2.05) is 12.1 Å². The first-order chi connectivity index (χ1) is 14.9. The average Bonchev–Trinajstić information content (AvgIpc) is 3.32. The van der Waals surface area contributed by atoms with E-state index < -0.39 is 0 Å². The molecule has 0 radical (unpaired) electrons. The van der Waals surface area contributed by atoms with Gasteiger partial charge in [0.15, 0.2) is 0 Å². The second-order valence-corrected chi connectivity index (χ2v) is 9.65. The van der Waals surface area contributed by atoms with Gasteiger partial charge in [0, 0.05) is 11.3 Å². The second-order valence-electron chi connectivity index (χ2n) is 8.54. The maximum absolute atomic E-state index is 12.5. The lowest BCUT2D eigenvalue weighted by Gasteiger charge is -2.23. The Hall–Kier alpha value is -2.34. The summed E-state index contributed by atoms with van der Waals surface area (Å²) in [4.78, 5) is 26.1. The summed E-state index contributed by atoms with van der Waals surface area (Å²) in [5, 5.41) is 3.56. The van der Waals surface area contributed by atoms with Crippen molar-refractivity contribution in [3.8, 4) is 5.75 Å². The van der Waals surface area contributed by atoms with E-state index in [0.29, 0.717) is 36.6 Å². The SMILES string of the molecule is CCOC(=O)c1c(NC(=O)CCCOc2ccc(C(C)(C)CC)cc2)sc2c1CCC2. The second kappa shape index (κ2) is 10.3. The monoisotopic (exact) mass is 443 g/mol. The molecule has 0 saturated carbocycles. The van der Waals surface area contributed by atoms with Crippen molar-refractivity contribution >= 4 is 28.2 Å². The summed E-state index contributed by atoms with van der Waals surface area (Å²) in [6.45, 7) is 9.24. The van der Waals surface area contributed by atoms with Gasteiger partial charge in [0.05, 0.1) is 18.8 Å². The van der Waals surface area contributed by atoms with Crippen LogP contribution in [0.4, 0.5) is 5.00 Å². The Bertz CT molecular complexity index is 914. The zero-order valence-corrected chi connectivity index (χ0v) is 19.8. The molecule has 0 atom stereocenters. The van der Waals surface area contributed by atoms with Gasteiger partial charge in [0.2, 0.25) is 5.91 Å². The largest absolute Gasteiger partial charge is 0.494 e. The van der Waals surface area contributed by atoms with E-state index in [1.165, 1.54) is 21.8 Å². The van der Waals surface area contributed by atoms with E-state index in [4.69, 9.17) is 9.47 Å². The van der Waals surface area contributed by atoms with Crippen LogP contribution in [-0.2, 0) is 27.8 Å². The van der Waals surface area contributed by atoms with Gasteiger partial charge < -0.3 is 14.8 Å². The summed E-state index contributed by atoms with van der Waals surface area (Å²) in [6.07, 6.45) is 4.91. The molecule has 2 aromatic rings. The molecule has 1 heterocycles. The van der Waals surface area contributed by atoms with Crippen molar-refractivity contribution in [2.75, 3.05) is 18.5 Å². The van der Waals surface area contributed by atoms with E-state index in [1.54, 1.807) is 6.92 Å². The van der Waals surface area contributed by atoms with E-state index >= 15 is 0 Å². The van der Waals surface area contributed by atoms with Crippen molar-refractivity contribution < 1.29 is 19.1 Å². The third-order valence-corrected chi connectivity index (χ3v) is 7.20. The summed E-state index contributed by atoms with van der Waals surface area (Å²) < 4.78 is 11.0. The topological polar surface area (TPSA) is 64.6 Å². The number of amides is 1. The van der Waals surface area contributed by atoms with Gasteiger partial charge in [-0.3, -0.25) is 4.79 Å². The number of nitrogens with one attached hydrogen (secondary N) is 1. The number of carbonyl (C=O) groups is 2. The average molecular weight is 444 g/mol. The maximum Gasteiger partial charge on any atom is 0.341 e.